The Balaban J connectivity index is 0.000000304. The molecular formula is C15H26N6. The normalized spacial score (nSPS) is 10.1. The van der Waals surface area contributed by atoms with E-state index in [9.17, 15) is 0 Å². The van der Waals surface area contributed by atoms with Crippen LogP contribution in [0.2, 0.25) is 0 Å². The predicted molar refractivity (Wildman–Crippen MR) is 85.7 cm³/mol. The van der Waals surface area contributed by atoms with Gasteiger partial charge < -0.3 is 21.8 Å². The van der Waals surface area contributed by atoms with Gasteiger partial charge in [0.05, 0.1) is 6.33 Å². The fraction of sp³-hybridized carbons (Fsp3) is 0.467. The summed E-state index contributed by atoms with van der Waals surface area (Å²) in [4.78, 5) is 8.14. The molecular weight excluding hydrogens is 264 g/mol. The van der Waals surface area contributed by atoms with Gasteiger partial charge >= 0.3 is 0 Å². The smallest absolute Gasteiger partial charge is 0.0943 e. The zero-order valence-corrected chi connectivity index (χ0v) is 12.7. The molecule has 0 saturated carbocycles. The molecule has 0 fully saturated rings. The van der Waals surface area contributed by atoms with Gasteiger partial charge in [-0.05, 0) is 49.7 Å². The maximum absolute atomic E-state index is 5.60. The molecule has 0 radical (unpaired) electrons. The van der Waals surface area contributed by atoms with E-state index >= 15 is 0 Å². The molecule has 6 nitrogen and oxygen atoms in total. The third kappa shape index (κ3) is 6.03. The number of aromatic nitrogens is 3. The number of hydrogen-bond donors (Lipinski definition) is 3. The number of nitrogens with two attached hydrogens (primary N) is 3. The molecule has 0 aromatic carbocycles. The quantitative estimate of drug-likeness (QED) is 0.694. The van der Waals surface area contributed by atoms with Crippen molar-refractivity contribution in [2.75, 3.05) is 19.6 Å². The highest BCUT2D eigenvalue weighted by Crippen LogP contribution is 2.14. The Labute approximate surface area is 126 Å². The van der Waals surface area contributed by atoms with E-state index in [1.54, 1.807) is 12.5 Å². The lowest BCUT2D eigenvalue weighted by molar-refractivity contribution is 0.837. The first-order valence-electron chi connectivity index (χ1n) is 7.20. The second-order valence-corrected chi connectivity index (χ2v) is 4.74. The van der Waals surface area contributed by atoms with E-state index in [1.807, 2.05) is 30.1 Å². The van der Waals surface area contributed by atoms with E-state index in [2.05, 4.69) is 9.97 Å². The standard InChI is InChI=1S/C11H20N4.C4H6N2/c12-5-1-9-4-8-15-11(3-7-14)10(9)2-6-13;1-6-3-2-5-4-6/h4,8H,1-3,5-7,12-14H2;2-4H,1H3. The van der Waals surface area contributed by atoms with Crippen LogP contribution in [0.3, 0.4) is 0 Å². The van der Waals surface area contributed by atoms with Crippen LogP contribution in [0.25, 0.3) is 0 Å². The average Bonchev–Trinajstić information content (AvgIpc) is 2.95. The molecule has 0 saturated heterocycles. The number of rotatable bonds is 6. The van der Waals surface area contributed by atoms with Crippen LogP contribution in [0, 0.1) is 0 Å². The zero-order valence-electron chi connectivity index (χ0n) is 12.7. The largest absolute Gasteiger partial charge is 0.341 e. The van der Waals surface area contributed by atoms with Crippen molar-refractivity contribution >= 4 is 0 Å². The molecule has 0 unspecified atom stereocenters. The summed E-state index contributed by atoms with van der Waals surface area (Å²) in [7, 11) is 1.94. The van der Waals surface area contributed by atoms with Gasteiger partial charge in [-0.15, -0.1) is 0 Å². The van der Waals surface area contributed by atoms with Gasteiger partial charge in [0.2, 0.25) is 0 Å². The summed E-state index contributed by atoms with van der Waals surface area (Å²) in [6.45, 7) is 1.92. The fourth-order valence-electron chi connectivity index (χ4n) is 2.10. The van der Waals surface area contributed by atoms with Gasteiger partial charge in [-0.1, -0.05) is 0 Å². The summed E-state index contributed by atoms with van der Waals surface area (Å²) >= 11 is 0. The third-order valence-corrected chi connectivity index (χ3v) is 3.07. The van der Waals surface area contributed by atoms with Crippen molar-refractivity contribution in [3.63, 3.8) is 0 Å². The molecule has 116 valence electrons. The minimum Gasteiger partial charge on any atom is -0.341 e. The highest BCUT2D eigenvalue weighted by atomic mass is 15.0. The molecule has 2 heterocycles. The second kappa shape index (κ2) is 10.0. The molecule has 0 atom stereocenters. The predicted octanol–water partition coefficient (Wildman–Crippen LogP) is 0.00530. The maximum atomic E-state index is 5.60. The van der Waals surface area contributed by atoms with Crippen LogP contribution in [-0.2, 0) is 26.3 Å². The lowest BCUT2D eigenvalue weighted by atomic mass is 9.99. The summed E-state index contributed by atoms with van der Waals surface area (Å²) in [6, 6.07) is 2.03. The molecule has 0 amide bonds. The van der Waals surface area contributed by atoms with E-state index < -0.39 is 0 Å². The molecule has 2 rings (SSSR count). The van der Waals surface area contributed by atoms with Crippen LogP contribution < -0.4 is 17.2 Å². The van der Waals surface area contributed by atoms with Gasteiger partial charge in [-0.3, -0.25) is 4.98 Å². The number of imidazole rings is 1. The van der Waals surface area contributed by atoms with E-state index in [0.717, 1.165) is 25.0 Å². The van der Waals surface area contributed by atoms with Crippen LogP contribution >= 0.6 is 0 Å². The van der Waals surface area contributed by atoms with Crippen molar-refractivity contribution in [1.29, 1.82) is 0 Å². The number of aryl methyl sites for hydroxylation is 1. The summed E-state index contributed by atoms with van der Waals surface area (Å²) in [5, 5.41) is 0. The first kappa shape index (κ1) is 17.3. The summed E-state index contributed by atoms with van der Waals surface area (Å²) in [5.74, 6) is 0. The van der Waals surface area contributed by atoms with Crippen LogP contribution in [0.15, 0.2) is 31.0 Å². The Kier molecular flexibility index (Phi) is 8.27. The van der Waals surface area contributed by atoms with E-state index in [1.165, 1.54) is 11.1 Å². The van der Waals surface area contributed by atoms with Crippen molar-refractivity contribution in [1.82, 2.24) is 14.5 Å². The topological polar surface area (TPSA) is 109 Å². The van der Waals surface area contributed by atoms with Crippen LogP contribution in [0.5, 0.6) is 0 Å². The molecule has 21 heavy (non-hydrogen) atoms. The van der Waals surface area contributed by atoms with Gasteiger partial charge in [-0.25, -0.2) is 4.98 Å². The van der Waals surface area contributed by atoms with E-state index in [0.29, 0.717) is 19.6 Å². The van der Waals surface area contributed by atoms with Crippen LogP contribution in [0.4, 0.5) is 0 Å². The SMILES string of the molecule is Cn1ccnc1.NCCc1ccnc(CCN)c1CCN. The van der Waals surface area contributed by atoms with E-state index in [-0.39, 0.29) is 0 Å². The molecule has 0 bridgehead atoms. The van der Waals surface area contributed by atoms with Crippen molar-refractivity contribution in [2.45, 2.75) is 19.3 Å². The zero-order chi connectivity index (χ0) is 15.5. The van der Waals surface area contributed by atoms with Gasteiger partial charge in [0, 0.05) is 37.8 Å². The van der Waals surface area contributed by atoms with Gasteiger partial charge in [0.1, 0.15) is 0 Å². The Morgan fingerprint density at radius 1 is 1.00 bits per heavy atom. The Bertz CT molecular complexity index is 471. The minimum atomic E-state index is 0.622. The van der Waals surface area contributed by atoms with Crippen molar-refractivity contribution in [3.8, 4) is 0 Å². The van der Waals surface area contributed by atoms with E-state index in [4.69, 9.17) is 17.2 Å². The molecule has 2 aromatic rings. The fourth-order valence-corrected chi connectivity index (χ4v) is 2.10. The molecule has 0 spiro atoms. The van der Waals surface area contributed by atoms with Crippen LogP contribution in [0.1, 0.15) is 16.8 Å². The third-order valence-electron chi connectivity index (χ3n) is 3.07. The molecule has 0 aliphatic heterocycles. The number of nitrogens with zero attached hydrogens (tertiary/aromatic N) is 3. The summed E-state index contributed by atoms with van der Waals surface area (Å²) in [5.41, 5.74) is 20.3. The number of pyridine rings is 1. The maximum Gasteiger partial charge on any atom is 0.0943 e. The molecule has 6 N–H and O–H groups in total. The monoisotopic (exact) mass is 290 g/mol. The minimum absolute atomic E-state index is 0.622. The molecule has 0 aliphatic carbocycles. The molecule has 6 heteroatoms. The lowest BCUT2D eigenvalue weighted by Gasteiger charge is -2.12. The highest BCUT2D eigenvalue weighted by Gasteiger charge is 2.07. The first-order chi connectivity index (χ1) is 10.2. The van der Waals surface area contributed by atoms with Gasteiger partial charge in [0.15, 0.2) is 0 Å². The van der Waals surface area contributed by atoms with Crippen molar-refractivity contribution in [3.05, 3.63) is 47.8 Å². The highest BCUT2D eigenvalue weighted by molar-refractivity contribution is 5.31. The first-order valence-corrected chi connectivity index (χ1v) is 7.20. The van der Waals surface area contributed by atoms with Gasteiger partial charge in [-0.2, -0.15) is 0 Å². The summed E-state index contributed by atoms with van der Waals surface area (Å²) in [6.07, 6.45) is 9.78. The Morgan fingerprint density at radius 3 is 2.19 bits per heavy atom. The van der Waals surface area contributed by atoms with Crippen molar-refractivity contribution in [2.24, 2.45) is 24.2 Å². The summed E-state index contributed by atoms with van der Waals surface area (Å²) < 4.78 is 1.89. The van der Waals surface area contributed by atoms with Crippen LogP contribution in [-0.4, -0.2) is 34.2 Å². The molecule has 0 aliphatic rings. The van der Waals surface area contributed by atoms with Crippen molar-refractivity contribution < 1.29 is 0 Å². The Morgan fingerprint density at radius 2 is 1.71 bits per heavy atom. The lowest BCUT2D eigenvalue weighted by Crippen LogP contribution is -2.14. The van der Waals surface area contributed by atoms with Gasteiger partial charge in [0.25, 0.3) is 0 Å². The Hall–Kier alpha value is -1.76. The second-order valence-electron chi connectivity index (χ2n) is 4.74. The number of hydrogen-bond acceptors (Lipinski definition) is 5. The molecule has 2 aromatic heterocycles. The average molecular weight is 290 g/mol.